The van der Waals surface area contributed by atoms with Gasteiger partial charge in [-0.25, -0.2) is 8.78 Å². The molecule has 0 aliphatic rings. The van der Waals surface area contributed by atoms with Gasteiger partial charge in [-0.2, -0.15) is 0 Å². The Hall–Kier alpha value is -1.00. The van der Waals surface area contributed by atoms with Gasteiger partial charge in [0.1, 0.15) is 11.6 Å². The average molecular weight is 186 g/mol. The SMILES string of the molecule is CNC(CN)c1cc(F)cc(F)c1. The minimum absolute atomic E-state index is 0.204. The molecule has 4 heteroatoms. The number of halogens is 2. The van der Waals surface area contributed by atoms with Crippen LogP contribution in [0.2, 0.25) is 0 Å². The van der Waals surface area contributed by atoms with Gasteiger partial charge in [-0.05, 0) is 24.7 Å². The highest BCUT2D eigenvalue weighted by atomic mass is 19.1. The predicted octanol–water partition coefficient (Wildman–Crippen LogP) is 1.18. The molecule has 0 saturated carbocycles. The molecule has 72 valence electrons. The minimum Gasteiger partial charge on any atom is -0.329 e. The van der Waals surface area contributed by atoms with Crippen molar-refractivity contribution < 1.29 is 8.78 Å². The molecule has 0 heterocycles. The maximum Gasteiger partial charge on any atom is 0.126 e. The first kappa shape index (κ1) is 10.1. The zero-order valence-electron chi connectivity index (χ0n) is 7.35. The molecular formula is C9H12F2N2. The molecule has 1 unspecified atom stereocenters. The number of hydrogen-bond acceptors (Lipinski definition) is 2. The van der Waals surface area contributed by atoms with E-state index in [1.807, 2.05) is 0 Å². The van der Waals surface area contributed by atoms with E-state index in [-0.39, 0.29) is 6.04 Å². The molecular weight excluding hydrogens is 174 g/mol. The average Bonchev–Trinajstić information content (AvgIpc) is 2.04. The molecule has 1 aromatic rings. The largest absolute Gasteiger partial charge is 0.329 e. The van der Waals surface area contributed by atoms with Crippen LogP contribution in [-0.4, -0.2) is 13.6 Å². The van der Waals surface area contributed by atoms with Crippen molar-refractivity contribution in [3.05, 3.63) is 35.4 Å². The van der Waals surface area contributed by atoms with Crippen LogP contribution in [0.3, 0.4) is 0 Å². The van der Waals surface area contributed by atoms with E-state index in [1.54, 1.807) is 7.05 Å². The standard InChI is InChI=1S/C9H12F2N2/c1-13-9(5-12)6-2-7(10)4-8(11)3-6/h2-4,9,13H,5,12H2,1H3. The number of nitrogens with two attached hydrogens (primary N) is 1. The molecule has 0 aliphatic heterocycles. The third-order valence-electron chi connectivity index (χ3n) is 1.87. The van der Waals surface area contributed by atoms with Crippen LogP contribution in [0.1, 0.15) is 11.6 Å². The highest BCUT2D eigenvalue weighted by molar-refractivity contribution is 5.21. The third kappa shape index (κ3) is 2.47. The molecule has 0 bridgehead atoms. The van der Waals surface area contributed by atoms with Crippen LogP contribution in [-0.2, 0) is 0 Å². The van der Waals surface area contributed by atoms with E-state index in [2.05, 4.69) is 5.32 Å². The molecule has 0 spiro atoms. The van der Waals surface area contributed by atoms with Gasteiger partial charge in [-0.15, -0.1) is 0 Å². The first-order valence-corrected chi connectivity index (χ1v) is 4.00. The fraction of sp³-hybridized carbons (Fsp3) is 0.333. The maximum atomic E-state index is 12.8. The number of benzene rings is 1. The monoisotopic (exact) mass is 186 g/mol. The van der Waals surface area contributed by atoms with Crippen molar-refractivity contribution in [3.8, 4) is 0 Å². The molecule has 0 fully saturated rings. The van der Waals surface area contributed by atoms with Crippen molar-refractivity contribution >= 4 is 0 Å². The summed E-state index contributed by atoms with van der Waals surface area (Å²) in [6, 6.07) is 3.19. The topological polar surface area (TPSA) is 38.0 Å². The number of hydrogen-bond donors (Lipinski definition) is 2. The van der Waals surface area contributed by atoms with E-state index in [9.17, 15) is 8.78 Å². The molecule has 1 aromatic carbocycles. The van der Waals surface area contributed by atoms with Gasteiger partial charge >= 0.3 is 0 Å². The molecule has 0 aromatic heterocycles. The summed E-state index contributed by atoms with van der Waals surface area (Å²) in [6.45, 7) is 0.305. The van der Waals surface area contributed by atoms with Gasteiger partial charge in [-0.3, -0.25) is 0 Å². The van der Waals surface area contributed by atoms with E-state index in [0.717, 1.165) is 6.07 Å². The fourth-order valence-electron chi connectivity index (χ4n) is 1.20. The van der Waals surface area contributed by atoms with Crippen molar-refractivity contribution in [2.45, 2.75) is 6.04 Å². The summed E-state index contributed by atoms with van der Waals surface area (Å²) in [5, 5.41) is 2.86. The summed E-state index contributed by atoms with van der Waals surface area (Å²) in [7, 11) is 1.69. The Bertz CT molecular complexity index is 265. The summed E-state index contributed by atoms with van der Waals surface area (Å²) < 4.78 is 25.5. The predicted molar refractivity (Wildman–Crippen MR) is 47.2 cm³/mol. The van der Waals surface area contributed by atoms with Gasteiger partial charge in [0.2, 0.25) is 0 Å². The smallest absolute Gasteiger partial charge is 0.126 e. The normalized spacial score (nSPS) is 12.9. The van der Waals surface area contributed by atoms with Crippen molar-refractivity contribution in [3.63, 3.8) is 0 Å². The molecule has 3 N–H and O–H groups in total. The second kappa shape index (κ2) is 4.30. The van der Waals surface area contributed by atoms with Gasteiger partial charge in [-0.1, -0.05) is 0 Å². The molecule has 13 heavy (non-hydrogen) atoms. The number of rotatable bonds is 3. The lowest BCUT2D eigenvalue weighted by Crippen LogP contribution is -2.25. The Morgan fingerprint density at radius 2 is 1.85 bits per heavy atom. The van der Waals surface area contributed by atoms with Crippen LogP contribution in [0.15, 0.2) is 18.2 Å². The van der Waals surface area contributed by atoms with Gasteiger partial charge in [0.25, 0.3) is 0 Å². The first-order valence-electron chi connectivity index (χ1n) is 4.00. The fourth-order valence-corrected chi connectivity index (χ4v) is 1.20. The molecule has 1 atom stereocenters. The van der Waals surface area contributed by atoms with Gasteiger partial charge in [0.15, 0.2) is 0 Å². The number of nitrogens with one attached hydrogen (secondary N) is 1. The summed E-state index contributed by atoms with van der Waals surface area (Å²) >= 11 is 0. The van der Waals surface area contributed by atoms with Crippen LogP contribution >= 0.6 is 0 Å². The Morgan fingerprint density at radius 3 is 2.23 bits per heavy atom. The highest BCUT2D eigenvalue weighted by Crippen LogP contribution is 2.14. The molecule has 0 amide bonds. The van der Waals surface area contributed by atoms with Crippen molar-refractivity contribution in [1.82, 2.24) is 5.32 Å². The third-order valence-corrected chi connectivity index (χ3v) is 1.87. The summed E-state index contributed by atoms with van der Waals surface area (Å²) in [6.07, 6.45) is 0. The maximum absolute atomic E-state index is 12.8. The van der Waals surface area contributed by atoms with E-state index >= 15 is 0 Å². The highest BCUT2D eigenvalue weighted by Gasteiger charge is 2.09. The summed E-state index contributed by atoms with van der Waals surface area (Å²) in [5.74, 6) is -1.16. The number of likely N-dealkylation sites (N-methyl/N-ethyl adjacent to an activating group) is 1. The van der Waals surface area contributed by atoms with Crippen molar-refractivity contribution in [2.24, 2.45) is 5.73 Å². The minimum atomic E-state index is -0.580. The Kier molecular flexibility index (Phi) is 3.33. The van der Waals surface area contributed by atoms with Crippen LogP contribution in [0.5, 0.6) is 0 Å². The molecule has 0 saturated heterocycles. The summed E-state index contributed by atoms with van der Waals surface area (Å²) in [5.41, 5.74) is 5.94. The van der Waals surface area contributed by atoms with Crippen LogP contribution < -0.4 is 11.1 Å². The second-order valence-corrected chi connectivity index (χ2v) is 2.78. The summed E-state index contributed by atoms with van der Waals surface area (Å²) in [4.78, 5) is 0. The van der Waals surface area contributed by atoms with Gasteiger partial charge in [0.05, 0.1) is 0 Å². The van der Waals surface area contributed by atoms with Crippen LogP contribution in [0, 0.1) is 11.6 Å². The van der Waals surface area contributed by atoms with Gasteiger partial charge < -0.3 is 11.1 Å². The van der Waals surface area contributed by atoms with Gasteiger partial charge in [0, 0.05) is 18.7 Å². The van der Waals surface area contributed by atoms with Crippen molar-refractivity contribution in [2.75, 3.05) is 13.6 Å². The Labute approximate surface area is 75.7 Å². The molecule has 0 aliphatic carbocycles. The zero-order chi connectivity index (χ0) is 9.84. The molecule has 0 radical (unpaired) electrons. The Balaban J connectivity index is 2.99. The lowest BCUT2D eigenvalue weighted by atomic mass is 10.1. The zero-order valence-corrected chi connectivity index (χ0v) is 7.35. The van der Waals surface area contributed by atoms with E-state index in [4.69, 9.17) is 5.73 Å². The van der Waals surface area contributed by atoms with E-state index in [1.165, 1.54) is 12.1 Å². The van der Waals surface area contributed by atoms with Crippen molar-refractivity contribution in [1.29, 1.82) is 0 Å². The Morgan fingerprint density at radius 1 is 1.31 bits per heavy atom. The van der Waals surface area contributed by atoms with Crippen LogP contribution in [0.4, 0.5) is 8.78 Å². The first-order chi connectivity index (χ1) is 6.17. The second-order valence-electron chi connectivity index (χ2n) is 2.78. The lowest BCUT2D eigenvalue weighted by molar-refractivity contribution is 0.557. The quantitative estimate of drug-likeness (QED) is 0.744. The van der Waals surface area contributed by atoms with E-state index in [0.29, 0.717) is 12.1 Å². The lowest BCUT2D eigenvalue weighted by Gasteiger charge is -2.13. The molecule has 1 rings (SSSR count). The van der Waals surface area contributed by atoms with E-state index < -0.39 is 11.6 Å². The molecule has 2 nitrogen and oxygen atoms in total. The van der Waals surface area contributed by atoms with Crippen LogP contribution in [0.25, 0.3) is 0 Å².